The smallest absolute Gasteiger partial charge is 0.133 e. The largest absolute Gasteiger partial charge is 0.396 e. The second-order valence-corrected chi connectivity index (χ2v) is 4.54. The zero-order chi connectivity index (χ0) is 11.5. The number of nitrogens with zero attached hydrogens (tertiary/aromatic N) is 1. The third-order valence-electron chi connectivity index (χ3n) is 2.08. The molecule has 0 fully saturated rings. The van der Waals surface area contributed by atoms with Gasteiger partial charge in [0.2, 0.25) is 0 Å². The van der Waals surface area contributed by atoms with Gasteiger partial charge < -0.3 is 5.11 Å². The molecule has 1 heterocycles. The maximum atomic E-state index is 13.5. The van der Waals surface area contributed by atoms with Crippen molar-refractivity contribution < 1.29 is 9.50 Å². The van der Waals surface area contributed by atoms with Gasteiger partial charge in [-0.3, -0.25) is 0 Å². The Morgan fingerprint density at radius 3 is 3.00 bits per heavy atom. The Bertz CT molecular complexity index is 500. The highest BCUT2D eigenvalue weighted by atomic mass is 35.5. The summed E-state index contributed by atoms with van der Waals surface area (Å²) in [5, 5.41) is 11.6. The van der Waals surface area contributed by atoms with E-state index in [9.17, 15) is 4.39 Å². The second kappa shape index (κ2) is 4.91. The van der Waals surface area contributed by atoms with Crippen LogP contribution >= 0.6 is 22.9 Å². The molecule has 0 aliphatic rings. The van der Waals surface area contributed by atoms with Gasteiger partial charge in [0.25, 0.3) is 0 Å². The second-order valence-electron chi connectivity index (χ2n) is 3.24. The Morgan fingerprint density at radius 1 is 1.44 bits per heavy atom. The van der Waals surface area contributed by atoms with E-state index in [-0.39, 0.29) is 12.4 Å². The molecule has 0 aliphatic heterocycles. The highest BCUT2D eigenvalue weighted by Gasteiger charge is 2.10. The quantitative estimate of drug-likeness (QED) is 0.916. The standard InChI is InChI=1S/C11H9ClFNOS/c12-7-1-2-10(13)9(5-7)11-14-8(3-4-15)6-16-11/h1-2,5-6,15H,3-4H2. The fourth-order valence-corrected chi connectivity index (χ4v) is 2.37. The molecule has 0 aliphatic carbocycles. The van der Waals surface area contributed by atoms with Crippen molar-refractivity contribution in [2.75, 3.05) is 6.61 Å². The van der Waals surface area contributed by atoms with Crippen molar-refractivity contribution in [2.45, 2.75) is 6.42 Å². The van der Waals surface area contributed by atoms with Crippen molar-refractivity contribution in [2.24, 2.45) is 0 Å². The van der Waals surface area contributed by atoms with Crippen LogP contribution in [0.5, 0.6) is 0 Å². The minimum absolute atomic E-state index is 0.0429. The van der Waals surface area contributed by atoms with Crippen LogP contribution in [0.2, 0.25) is 5.02 Å². The zero-order valence-electron chi connectivity index (χ0n) is 8.28. The van der Waals surface area contributed by atoms with Crippen LogP contribution < -0.4 is 0 Å². The van der Waals surface area contributed by atoms with Crippen LogP contribution in [0.15, 0.2) is 23.6 Å². The highest BCUT2D eigenvalue weighted by Crippen LogP contribution is 2.28. The van der Waals surface area contributed by atoms with E-state index in [1.807, 2.05) is 5.38 Å². The summed E-state index contributed by atoms with van der Waals surface area (Å²) in [4.78, 5) is 4.23. The summed E-state index contributed by atoms with van der Waals surface area (Å²) in [5.74, 6) is -0.339. The number of hydrogen-bond acceptors (Lipinski definition) is 3. The molecule has 84 valence electrons. The lowest BCUT2D eigenvalue weighted by Crippen LogP contribution is -1.91. The zero-order valence-corrected chi connectivity index (χ0v) is 9.85. The number of benzene rings is 1. The van der Waals surface area contributed by atoms with Gasteiger partial charge in [0, 0.05) is 29.0 Å². The van der Waals surface area contributed by atoms with E-state index in [4.69, 9.17) is 16.7 Å². The number of aliphatic hydroxyl groups is 1. The molecule has 0 unspecified atom stereocenters. The van der Waals surface area contributed by atoms with Gasteiger partial charge in [-0.25, -0.2) is 9.37 Å². The molecule has 0 radical (unpaired) electrons. The Labute approximate surface area is 101 Å². The minimum atomic E-state index is -0.339. The molecular weight excluding hydrogens is 249 g/mol. The van der Waals surface area contributed by atoms with Crippen molar-refractivity contribution in [1.82, 2.24) is 4.98 Å². The Hall–Kier alpha value is -0.970. The summed E-state index contributed by atoms with van der Waals surface area (Å²) >= 11 is 7.15. The molecule has 1 aromatic carbocycles. The summed E-state index contributed by atoms with van der Waals surface area (Å²) in [7, 11) is 0. The minimum Gasteiger partial charge on any atom is -0.396 e. The molecular formula is C11H9ClFNOS. The molecule has 0 atom stereocenters. The van der Waals surface area contributed by atoms with Gasteiger partial charge in [0.05, 0.1) is 5.69 Å². The Kier molecular flexibility index (Phi) is 3.53. The van der Waals surface area contributed by atoms with Crippen molar-refractivity contribution >= 4 is 22.9 Å². The molecule has 0 amide bonds. The van der Waals surface area contributed by atoms with E-state index < -0.39 is 0 Å². The van der Waals surface area contributed by atoms with Crippen LogP contribution in [0.4, 0.5) is 4.39 Å². The first kappa shape index (κ1) is 11.5. The average molecular weight is 258 g/mol. The molecule has 2 rings (SSSR count). The van der Waals surface area contributed by atoms with Crippen LogP contribution in [0.1, 0.15) is 5.69 Å². The number of thiazole rings is 1. The topological polar surface area (TPSA) is 33.1 Å². The number of hydrogen-bond donors (Lipinski definition) is 1. The Morgan fingerprint density at radius 2 is 2.25 bits per heavy atom. The third-order valence-corrected chi connectivity index (χ3v) is 3.24. The summed E-state index contributed by atoms with van der Waals surface area (Å²) in [6.45, 7) is 0.0429. The van der Waals surface area contributed by atoms with Gasteiger partial charge in [0.15, 0.2) is 0 Å². The predicted octanol–water partition coefficient (Wildman–Crippen LogP) is 3.14. The van der Waals surface area contributed by atoms with Gasteiger partial charge in [-0.1, -0.05) is 11.6 Å². The van der Waals surface area contributed by atoms with Crippen molar-refractivity contribution in [1.29, 1.82) is 0 Å². The third kappa shape index (κ3) is 2.40. The SMILES string of the molecule is OCCc1csc(-c2cc(Cl)ccc2F)n1. The average Bonchev–Trinajstić information content (AvgIpc) is 2.71. The molecule has 0 saturated carbocycles. The molecule has 16 heavy (non-hydrogen) atoms. The van der Waals surface area contributed by atoms with Crippen LogP contribution in [0.3, 0.4) is 0 Å². The van der Waals surface area contributed by atoms with E-state index in [0.717, 1.165) is 5.69 Å². The fourth-order valence-electron chi connectivity index (χ4n) is 1.32. The lowest BCUT2D eigenvalue weighted by Gasteiger charge is -1.99. The molecule has 1 aromatic heterocycles. The molecule has 1 N–H and O–H groups in total. The fraction of sp³-hybridized carbons (Fsp3) is 0.182. The lowest BCUT2D eigenvalue weighted by molar-refractivity contribution is 0.298. The maximum absolute atomic E-state index is 13.5. The van der Waals surface area contributed by atoms with E-state index in [2.05, 4.69) is 4.98 Å². The van der Waals surface area contributed by atoms with Gasteiger partial charge in [-0.2, -0.15) is 0 Å². The molecule has 2 aromatic rings. The summed E-state index contributed by atoms with van der Waals surface area (Å²) in [6, 6.07) is 4.38. The van der Waals surface area contributed by atoms with Crippen molar-refractivity contribution in [3.05, 3.63) is 40.1 Å². The van der Waals surface area contributed by atoms with Crippen molar-refractivity contribution in [3.63, 3.8) is 0 Å². The molecule has 0 saturated heterocycles. The monoisotopic (exact) mass is 257 g/mol. The van der Waals surface area contributed by atoms with Crippen LogP contribution in [0.25, 0.3) is 10.6 Å². The highest BCUT2D eigenvalue weighted by molar-refractivity contribution is 7.13. The van der Waals surface area contributed by atoms with Crippen LogP contribution in [-0.2, 0) is 6.42 Å². The molecule has 2 nitrogen and oxygen atoms in total. The van der Waals surface area contributed by atoms with E-state index in [1.165, 1.54) is 23.5 Å². The van der Waals surface area contributed by atoms with Gasteiger partial charge >= 0.3 is 0 Å². The predicted molar refractivity (Wildman–Crippen MR) is 63.3 cm³/mol. The molecule has 0 bridgehead atoms. The van der Waals surface area contributed by atoms with Crippen LogP contribution in [-0.4, -0.2) is 16.7 Å². The first-order valence-corrected chi connectivity index (χ1v) is 5.97. The Balaban J connectivity index is 2.38. The number of halogens is 2. The van der Waals surface area contributed by atoms with Crippen molar-refractivity contribution in [3.8, 4) is 10.6 Å². The van der Waals surface area contributed by atoms with Crippen LogP contribution in [0, 0.1) is 5.82 Å². The first-order valence-electron chi connectivity index (χ1n) is 4.71. The van der Waals surface area contributed by atoms with Gasteiger partial charge in [-0.15, -0.1) is 11.3 Å². The lowest BCUT2D eigenvalue weighted by atomic mass is 10.2. The normalized spacial score (nSPS) is 10.7. The molecule has 0 spiro atoms. The number of aliphatic hydroxyl groups excluding tert-OH is 1. The molecule has 5 heteroatoms. The summed E-state index contributed by atoms with van der Waals surface area (Å²) in [5.41, 5.74) is 1.17. The maximum Gasteiger partial charge on any atom is 0.133 e. The van der Waals surface area contributed by atoms with E-state index in [0.29, 0.717) is 22.0 Å². The summed E-state index contributed by atoms with van der Waals surface area (Å²) in [6.07, 6.45) is 0.485. The summed E-state index contributed by atoms with van der Waals surface area (Å²) < 4.78 is 13.5. The van der Waals surface area contributed by atoms with E-state index >= 15 is 0 Å². The van der Waals surface area contributed by atoms with E-state index in [1.54, 1.807) is 6.07 Å². The number of aromatic nitrogens is 1. The number of rotatable bonds is 3. The first-order chi connectivity index (χ1) is 7.70. The van der Waals surface area contributed by atoms with Gasteiger partial charge in [-0.05, 0) is 18.2 Å². The van der Waals surface area contributed by atoms with Gasteiger partial charge in [0.1, 0.15) is 10.8 Å².